The number of carbonyl (C=O) groups excluding carboxylic acids is 1. The van der Waals surface area contributed by atoms with E-state index in [1.807, 2.05) is 0 Å². The summed E-state index contributed by atoms with van der Waals surface area (Å²) in [4.78, 5) is 10.9. The maximum Gasteiger partial charge on any atom is 0.508 e. The first kappa shape index (κ1) is 17.4. The van der Waals surface area contributed by atoms with Gasteiger partial charge in [-0.25, -0.2) is 4.79 Å². The number of ether oxygens (including phenoxy) is 2. The van der Waals surface area contributed by atoms with Crippen LogP contribution in [-0.2, 0) is 30.5 Å². The molecule has 0 saturated carbocycles. The van der Waals surface area contributed by atoms with E-state index in [2.05, 4.69) is 13.8 Å². The summed E-state index contributed by atoms with van der Waals surface area (Å²) in [5.74, 6) is 0. The molecule has 0 atom stereocenters. The molecular formula is C11H22MoO3. The van der Waals surface area contributed by atoms with E-state index >= 15 is 0 Å². The Morgan fingerprint density at radius 1 is 0.867 bits per heavy atom. The fourth-order valence-electron chi connectivity index (χ4n) is 1.06. The molecule has 0 radical (unpaired) electrons. The quantitative estimate of drug-likeness (QED) is 0.391. The largest absolute Gasteiger partial charge is 0.508 e. The Balaban J connectivity index is 0. The monoisotopic (exact) mass is 300 g/mol. The zero-order valence-electron chi connectivity index (χ0n) is 9.79. The van der Waals surface area contributed by atoms with Gasteiger partial charge in [-0.15, -0.1) is 0 Å². The molecule has 0 rings (SSSR count). The van der Waals surface area contributed by atoms with E-state index in [1.54, 1.807) is 0 Å². The molecule has 0 heterocycles. The summed E-state index contributed by atoms with van der Waals surface area (Å²) in [7, 11) is 0. The van der Waals surface area contributed by atoms with Gasteiger partial charge >= 0.3 is 6.16 Å². The summed E-state index contributed by atoms with van der Waals surface area (Å²) in [6.45, 7) is 5.20. The number of rotatable bonds is 8. The molecule has 0 aliphatic carbocycles. The van der Waals surface area contributed by atoms with E-state index < -0.39 is 6.16 Å². The number of hydrogen-bond donors (Lipinski definition) is 0. The Bertz CT molecular complexity index is 126. The Hall–Kier alpha value is -0.0417. The molecule has 0 aliphatic rings. The van der Waals surface area contributed by atoms with Crippen molar-refractivity contribution in [2.24, 2.45) is 0 Å². The molecule has 0 aromatic heterocycles. The summed E-state index contributed by atoms with van der Waals surface area (Å²) in [6, 6.07) is 0. The third-order valence-corrected chi connectivity index (χ3v) is 1.94. The molecule has 4 heteroatoms. The molecule has 0 fully saturated rings. The molecule has 0 unspecified atom stereocenters. The topological polar surface area (TPSA) is 35.5 Å². The first-order valence-electron chi connectivity index (χ1n) is 5.60. The molecule has 0 aromatic rings. The van der Waals surface area contributed by atoms with Crippen LogP contribution in [0.5, 0.6) is 0 Å². The molecule has 0 aliphatic heterocycles. The molecule has 90 valence electrons. The van der Waals surface area contributed by atoms with E-state index in [0.717, 1.165) is 38.5 Å². The summed E-state index contributed by atoms with van der Waals surface area (Å²) in [6.07, 6.45) is 5.81. The molecule has 0 amide bonds. The van der Waals surface area contributed by atoms with E-state index in [0.29, 0.717) is 13.2 Å². The van der Waals surface area contributed by atoms with E-state index in [1.165, 1.54) is 0 Å². The summed E-state index contributed by atoms with van der Waals surface area (Å²) in [5.41, 5.74) is 0. The Kier molecular flexibility index (Phi) is 16.2. The predicted octanol–water partition coefficient (Wildman–Crippen LogP) is 3.52. The Labute approximate surface area is 107 Å². The van der Waals surface area contributed by atoms with Crippen molar-refractivity contribution in [2.45, 2.75) is 52.4 Å². The van der Waals surface area contributed by atoms with Gasteiger partial charge in [0.25, 0.3) is 0 Å². The van der Waals surface area contributed by atoms with Crippen molar-refractivity contribution in [3.63, 3.8) is 0 Å². The van der Waals surface area contributed by atoms with Gasteiger partial charge in [0.1, 0.15) is 0 Å². The van der Waals surface area contributed by atoms with Crippen LogP contribution in [0.1, 0.15) is 52.4 Å². The van der Waals surface area contributed by atoms with Gasteiger partial charge in [0, 0.05) is 21.1 Å². The van der Waals surface area contributed by atoms with Gasteiger partial charge in [-0.05, 0) is 12.8 Å². The number of carbonyl (C=O) groups is 1. The minimum Gasteiger partial charge on any atom is -0.434 e. The third kappa shape index (κ3) is 14.0. The second-order valence-electron chi connectivity index (χ2n) is 3.36. The first-order valence-corrected chi connectivity index (χ1v) is 5.60. The maximum absolute atomic E-state index is 10.9. The Morgan fingerprint density at radius 2 is 1.27 bits per heavy atom. The van der Waals surface area contributed by atoms with Crippen LogP contribution in [0.4, 0.5) is 4.79 Å². The minimum atomic E-state index is -0.516. The van der Waals surface area contributed by atoms with Crippen LogP contribution in [0.2, 0.25) is 0 Å². The van der Waals surface area contributed by atoms with Gasteiger partial charge in [-0.2, -0.15) is 0 Å². The standard InChI is InChI=1S/C11H22O3.Mo/c1-3-5-7-9-13-11(12)14-10-8-6-4-2;/h3-10H2,1-2H3;. The normalized spacial score (nSPS) is 9.20. The summed E-state index contributed by atoms with van der Waals surface area (Å²) < 4.78 is 9.73. The van der Waals surface area contributed by atoms with Crippen molar-refractivity contribution in [2.75, 3.05) is 13.2 Å². The first-order chi connectivity index (χ1) is 6.81. The average Bonchev–Trinajstić information content (AvgIpc) is 2.19. The van der Waals surface area contributed by atoms with Crippen molar-refractivity contribution in [1.29, 1.82) is 0 Å². The molecular weight excluding hydrogens is 276 g/mol. The second-order valence-corrected chi connectivity index (χ2v) is 3.36. The summed E-state index contributed by atoms with van der Waals surface area (Å²) in [5, 5.41) is 0. The van der Waals surface area contributed by atoms with E-state index in [4.69, 9.17) is 9.47 Å². The minimum absolute atomic E-state index is 0. The number of unbranched alkanes of at least 4 members (excludes halogenated alkanes) is 4. The second kappa shape index (κ2) is 14.0. The SMILES string of the molecule is CCCCCOC(=O)OCCCCC.[Mo]. The van der Waals surface area contributed by atoms with Crippen LogP contribution in [0.15, 0.2) is 0 Å². The molecule has 15 heavy (non-hydrogen) atoms. The zero-order chi connectivity index (χ0) is 10.6. The van der Waals surface area contributed by atoms with Crippen molar-refractivity contribution in [1.82, 2.24) is 0 Å². The van der Waals surface area contributed by atoms with Gasteiger partial charge < -0.3 is 9.47 Å². The summed E-state index contributed by atoms with van der Waals surface area (Å²) >= 11 is 0. The van der Waals surface area contributed by atoms with Crippen LogP contribution < -0.4 is 0 Å². The van der Waals surface area contributed by atoms with Gasteiger partial charge in [0.2, 0.25) is 0 Å². The third-order valence-electron chi connectivity index (χ3n) is 1.94. The van der Waals surface area contributed by atoms with Crippen molar-refractivity contribution < 1.29 is 35.3 Å². The van der Waals surface area contributed by atoms with Crippen LogP contribution in [0.3, 0.4) is 0 Å². The van der Waals surface area contributed by atoms with Crippen LogP contribution in [0.25, 0.3) is 0 Å². The van der Waals surface area contributed by atoms with E-state index in [-0.39, 0.29) is 21.1 Å². The maximum atomic E-state index is 10.9. The molecule has 0 spiro atoms. The molecule has 0 bridgehead atoms. The van der Waals surface area contributed by atoms with Gasteiger partial charge in [0.05, 0.1) is 13.2 Å². The van der Waals surface area contributed by atoms with E-state index in [9.17, 15) is 4.79 Å². The van der Waals surface area contributed by atoms with Gasteiger partial charge in [-0.1, -0.05) is 39.5 Å². The number of hydrogen-bond acceptors (Lipinski definition) is 3. The predicted molar refractivity (Wildman–Crippen MR) is 56.4 cm³/mol. The van der Waals surface area contributed by atoms with Crippen molar-refractivity contribution in [3.05, 3.63) is 0 Å². The van der Waals surface area contributed by atoms with Gasteiger partial charge in [-0.3, -0.25) is 0 Å². The zero-order valence-corrected chi connectivity index (χ0v) is 11.8. The fourth-order valence-corrected chi connectivity index (χ4v) is 1.06. The van der Waals surface area contributed by atoms with Crippen molar-refractivity contribution >= 4 is 6.16 Å². The molecule has 0 aromatic carbocycles. The smallest absolute Gasteiger partial charge is 0.434 e. The Morgan fingerprint density at radius 3 is 1.60 bits per heavy atom. The molecule has 0 N–H and O–H groups in total. The molecule has 0 saturated heterocycles. The van der Waals surface area contributed by atoms with Gasteiger partial charge in [0.15, 0.2) is 0 Å². The van der Waals surface area contributed by atoms with Crippen LogP contribution in [-0.4, -0.2) is 19.4 Å². The van der Waals surface area contributed by atoms with Crippen molar-refractivity contribution in [3.8, 4) is 0 Å². The molecule has 3 nitrogen and oxygen atoms in total. The fraction of sp³-hybridized carbons (Fsp3) is 0.909. The average molecular weight is 298 g/mol. The van der Waals surface area contributed by atoms with Crippen LogP contribution in [0, 0.1) is 0 Å². The van der Waals surface area contributed by atoms with Crippen LogP contribution >= 0.6 is 0 Å².